The number of aliphatic hydroxyl groups is 1. The third-order valence-corrected chi connectivity index (χ3v) is 5.33. The van der Waals surface area contributed by atoms with E-state index in [-0.39, 0.29) is 24.3 Å². The maximum absolute atomic E-state index is 13.1. The van der Waals surface area contributed by atoms with Gasteiger partial charge in [0.1, 0.15) is 11.5 Å². The van der Waals surface area contributed by atoms with Gasteiger partial charge in [0.05, 0.1) is 33.0 Å². The van der Waals surface area contributed by atoms with Gasteiger partial charge in [-0.25, -0.2) is 0 Å². The molecule has 2 saturated heterocycles. The molecule has 0 saturated carbocycles. The Bertz CT molecular complexity index is 618. The van der Waals surface area contributed by atoms with E-state index in [0.717, 1.165) is 32.8 Å². The van der Waals surface area contributed by atoms with Crippen molar-refractivity contribution in [2.75, 3.05) is 66.8 Å². The number of carbonyl (C=O) groups is 1. The van der Waals surface area contributed by atoms with Crippen molar-refractivity contribution in [3.63, 3.8) is 0 Å². The largest absolute Gasteiger partial charge is 0.497 e. The number of ether oxygens (including phenoxy) is 3. The van der Waals surface area contributed by atoms with Crippen molar-refractivity contribution in [1.29, 1.82) is 0 Å². The topological polar surface area (TPSA) is 71.5 Å². The second-order valence-corrected chi connectivity index (χ2v) is 6.89. The van der Waals surface area contributed by atoms with E-state index >= 15 is 0 Å². The van der Waals surface area contributed by atoms with Crippen LogP contribution in [0.15, 0.2) is 18.2 Å². The van der Waals surface area contributed by atoms with E-state index in [0.29, 0.717) is 30.2 Å². The van der Waals surface area contributed by atoms with E-state index in [1.54, 1.807) is 32.4 Å². The minimum Gasteiger partial charge on any atom is -0.497 e. The van der Waals surface area contributed by atoms with Gasteiger partial charge in [0.15, 0.2) is 0 Å². The Labute approximate surface area is 154 Å². The molecule has 2 aliphatic rings. The Hall–Kier alpha value is -1.83. The molecule has 0 spiro atoms. The number of rotatable bonds is 6. The number of amides is 1. The fourth-order valence-electron chi connectivity index (χ4n) is 3.79. The zero-order valence-electron chi connectivity index (χ0n) is 15.5. The second kappa shape index (κ2) is 8.70. The highest BCUT2D eigenvalue weighted by Gasteiger charge is 2.37. The third-order valence-electron chi connectivity index (χ3n) is 5.33. The molecule has 3 rings (SSSR count). The summed E-state index contributed by atoms with van der Waals surface area (Å²) in [6.45, 7) is 5.49. The highest BCUT2D eigenvalue weighted by atomic mass is 16.5. The molecule has 7 heteroatoms. The summed E-state index contributed by atoms with van der Waals surface area (Å²) < 4.78 is 16.0. The zero-order valence-corrected chi connectivity index (χ0v) is 15.5. The number of benzene rings is 1. The molecule has 1 N–H and O–H groups in total. The molecule has 2 heterocycles. The first-order valence-corrected chi connectivity index (χ1v) is 9.08. The van der Waals surface area contributed by atoms with Crippen molar-refractivity contribution >= 4 is 5.91 Å². The van der Waals surface area contributed by atoms with Crippen LogP contribution in [0.2, 0.25) is 0 Å². The quantitative estimate of drug-likeness (QED) is 0.802. The number of methoxy groups -OCH3 is 2. The lowest BCUT2D eigenvalue weighted by molar-refractivity contribution is 0.0264. The van der Waals surface area contributed by atoms with E-state index in [1.807, 2.05) is 4.90 Å². The summed E-state index contributed by atoms with van der Waals surface area (Å²) in [6.07, 6.45) is 0. The Morgan fingerprint density at radius 2 is 1.92 bits per heavy atom. The van der Waals surface area contributed by atoms with E-state index in [4.69, 9.17) is 14.2 Å². The smallest absolute Gasteiger partial charge is 0.257 e. The van der Waals surface area contributed by atoms with Gasteiger partial charge in [0.25, 0.3) is 5.91 Å². The first-order valence-electron chi connectivity index (χ1n) is 9.08. The number of hydrogen-bond donors (Lipinski definition) is 1. The lowest BCUT2D eigenvalue weighted by Crippen LogP contribution is -2.41. The lowest BCUT2D eigenvalue weighted by Gasteiger charge is -2.30. The Kier molecular flexibility index (Phi) is 6.34. The van der Waals surface area contributed by atoms with Gasteiger partial charge in [0, 0.05) is 45.2 Å². The molecule has 26 heavy (non-hydrogen) atoms. The number of aliphatic hydroxyl groups excluding tert-OH is 1. The molecule has 2 aliphatic heterocycles. The summed E-state index contributed by atoms with van der Waals surface area (Å²) in [5.74, 6) is 1.44. The molecule has 2 atom stereocenters. The molecule has 0 bridgehead atoms. The number of nitrogens with zero attached hydrogens (tertiary/aromatic N) is 2. The highest BCUT2D eigenvalue weighted by molar-refractivity contribution is 5.97. The Morgan fingerprint density at radius 1 is 1.19 bits per heavy atom. The average Bonchev–Trinajstić information content (AvgIpc) is 3.10. The zero-order chi connectivity index (χ0) is 18.5. The van der Waals surface area contributed by atoms with Crippen LogP contribution in [0.1, 0.15) is 10.4 Å². The van der Waals surface area contributed by atoms with Gasteiger partial charge < -0.3 is 24.2 Å². The minimum absolute atomic E-state index is 0.0799. The fourth-order valence-corrected chi connectivity index (χ4v) is 3.79. The van der Waals surface area contributed by atoms with Crippen molar-refractivity contribution in [2.45, 2.75) is 0 Å². The van der Waals surface area contributed by atoms with Gasteiger partial charge >= 0.3 is 0 Å². The highest BCUT2D eigenvalue weighted by Crippen LogP contribution is 2.30. The van der Waals surface area contributed by atoms with Gasteiger partial charge in [-0.1, -0.05) is 0 Å². The number of carbonyl (C=O) groups excluding carboxylic acids is 1. The first-order chi connectivity index (χ1) is 12.7. The van der Waals surface area contributed by atoms with E-state index in [2.05, 4.69) is 4.90 Å². The fraction of sp³-hybridized carbons (Fsp3) is 0.632. The molecule has 0 radical (unpaired) electrons. The van der Waals surface area contributed by atoms with E-state index in [1.165, 1.54) is 0 Å². The molecule has 1 aromatic carbocycles. The molecule has 144 valence electrons. The molecule has 0 aliphatic carbocycles. The number of hydrogen-bond acceptors (Lipinski definition) is 6. The van der Waals surface area contributed by atoms with Crippen molar-refractivity contribution in [1.82, 2.24) is 9.80 Å². The van der Waals surface area contributed by atoms with Crippen LogP contribution in [-0.2, 0) is 4.74 Å². The monoisotopic (exact) mass is 364 g/mol. The molecule has 7 nitrogen and oxygen atoms in total. The maximum Gasteiger partial charge on any atom is 0.257 e. The van der Waals surface area contributed by atoms with Gasteiger partial charge in [-0.15, -0.1) is 0 Å². The van der Waals surface area contributed by atoms with Crippen molar-refractivity contribution in [3.8, 4) is 11.5 Å². The Balaban J connectivity index is 1.72. The number of morpholine rings is 1. The van der Waals surface area contributed by atoms with Crippen molar-refractivity contribution < 1.29 is 24.1 Å². The van der Waals surface area contributed by atoms with Crippen LogP contribution in [0.4, 0.5) is 0 Å². The summed E-state index contributed by atoms with van der Waals surface area (Å²) >= 11 is 0. The number of likely N-dealkylation sites (tertiary alicyclic amines) is 1. The minimum atomic E-state index is -0.0799. The third kappa shape index (κ3) is 4.11. The van der Waals surface area contributed by atoms with E-state index < -0.39 is 0 Å². The first kappa shape index (κ1) is 18.9. The molecular formula is C19H28N2O5. The van der Waals surface area contributed by atoms with Crippen molar-refractivity contribution in [2.24, 2.45) is 11.8 Å². The van der Waals surface area contributed by atoms with Gasteiger partial charge in [-0.2, -0.15) is 0 Å². The van der Waals surface area contributed by atoms with Crippen LogP contribution >= 0.6 is 0 Å². The SMILES string of the molecule is COc1ccc(OC)c(C(=O)N2C[C@@H](CN3CCOCC3)[C@@H](CO)C2)c1. The van der Waals surface area contributed by atoms with Gasteiger partial charge in [0.2, 0.25) is 0 Å². The van der Waals surface area contributed by atoms with Crippen LogP contribution in [0.5, 0.6) is 11.5 Å². The van der Waals surface area contributed by atoms with Crippen LogP contribution in [0, 0.1) is 11.8 Å². The summed E-state index contributed by atoms with van der Waals surface area (Å²) in [5.41, 5.74) is 0.496. The van der Waals surface area contributed by atoms with Crippen molar-refractivity contribution in [3.05, 3.63) is 23.8 Å². The van der Waals surface area contributed by atoms with E-state index in [9.17, 15) is 9.90 Å². The van der Waals surface area contributed by atoms with Crippen LogP contribution in [0.25, 0.3) is 0 Å². The molecule has 0 aromatic heterocycles. The lowest BCUT2D eigenvalue weighted by atomic mass is 9.96. The predicted molar refractivity (Wildman–Crippen MR) is 96.8 cm³/mol. The van der Waals surface area contributed by atoms with Gasteiger partial charge in [-0.3, -0.25) is 9.69 Å². The molecule has 0 unspecified atom stereocenters. The maximum atomic E-state index is 13.1. The summed E-state index contributed by atoms with van der Waals surface area (Å²) in [5, 5.41) is 9.79. The summed E-state index contributed by atoms with van der Waals surface area (Å²) in [7, 11) is 3.13. The van der Waals surface area contributed by atoms with Crippen LogP contribution < -0.4 is 9.47 Å². The van der Waals surface area contributed by atoms with Gasteiger partial charge in [-0.05, 0) is 24.1 Å². The summed E-state index contributed by atoms with van der Waals surface area (Å²) in [6, 6.07) is 5.23. The van der Waals surface area contributed by atoms with Crippen LogP contribution in [-0.4, -0.2) is 87.6 Å². The molecule has 1 amide bonds. The van der Waals surface area contributed by atoms with Crippen LogP contribution in [0.3, 0.4) is 0 Å². The Morgan fingerprint density at radius 3 is 2.58 bits per heavy atom. The normalized spacial score (nSPS) is 23.9. The standard InChI is InChI=1S/C19H28N2O5/c1-24-16-3-4-18(25-2)17(9-16)19(23)21-11-14(15(12-21)13-22)10-20-5-7-26-8-6-20/h3-4,9,14-15,22H,5-8,10-13H2,1-2H3/t14-,15-/m1/s1. The second-order valence-electron chi connectivity index (χ2n) is 6.89. The average molecular weight is 364 g/mol. The predicted octanol–water partition coefficient (Wildman–Crippen LogP) is 0.717. The summed E-state index contributed by atoms with van der Waals surface area (Å²) in [4.78, 5) is 17.2. The molecular weight excluding hydrogens is 336 g/mol. The molecule has 2 fully saturated rings. The molecule has 1 aromatic rings.